The Morgan fingerprint density at radius 3 is 2.23 bits per heavy atom. The average Bonchev–Trinajstić information content (AvgIpc) is 2.79. The van der Waals surface area contributed by atoms with E-state index in [2.05, 4.69) is 13.0 Å². The zero-order valence-corrected chi connectivity index (χ0v) is 18.8. The minimum Gasteiger partial charge on any atom is -0.461 e. The molecule has 0 aromatic heterocycles. The lowest BCUT2D eigenvalue weighted by Crippen LogP contribution is -2.10. The van der Waals surface area contributed by atoms with E-state index in [-0.39, 0.29) is 38.0 Å². The van der Waals surface area contributed by atoms with Crippen molar-refractivity contribution in [2.75, 3.05) is 6.61 Å². The molecule has 2 aromatic carbocycles. The van der Waals surface area contributed by atoms with Crippen LogP contribution in [-0.2, 0) is 25.7 Å². The fourth-order valence-corrected chi connectivity index (χ4v) is 3.39. The standard InChI is InChI=1S/C27H36O4/c1-2-3-4-5-6-7-8-9-10-13-20-30-26(28)18-19-27(29)31-22-23-16-17-24-14-11-12-15-25(24)21-23/h10-17,21H,2-9,18-20,22H2,1H3/b13-10+. The first-order valence-corrected chi connectivity index (χ1v) is 11.6. The maximum Gasteiger partial charge on any atom is 0.306 e. The summed E-state index contributed by atoms with van der Waals surface area (Å²) in [4.78, 5) is 23.7. The van der Waals surface area contributed by atoms with E-state index in [1.54, 1.807) is 0 Å². The molecule has 2 rings (SSSR count). The first-order valence-electron chi connectivity index (χ1n) is 11.6. The number of carbonyl (C=O) groups is 2. The lowest BCUT2D eigenvalue weighted by atomic mass is 10.1. The Labute approximate surface area is 186 Å². The van der Waals surface area contributed by atoms with Gasteiger partial charge in [-0.3, -0.25) is 9.59 Å². The number of ether oxygens (including phenoxy) is 2. The Bertz CT molecular complexity index is 825. The molecule has 168 valence electrons. The highest BCUT2D eigenvalue weighted by molar-refractivity contribution is 5.83. The van der Waals surface area contributed by atoms with E-state index >= 15 is 0 Å². The van der Waals surface area contributed by atoms with Crippen LogP contribution in [0.2, 0.25) is 0 Å². The number of allylic oxidation sites excluding steroid dienone is 1. The first-order chi connectivity index (χ1) is 15.2. The Morgan fingerprint density at radius 2 is 1.45 bits per heavy atom. The van der Waals surface area contributed by atoms with Crippen molar-refractivity contribution in [2.24, 2.45) is 0 Å². The molecule has 0 unspecified atom stereocenters. The van der Waals surface area contributed by atoms with Crippen molar-refractivity contribution in [3.05, 3.63) is 60.2 Å². The monoisotopic (exact) mass is 424 g/mol. The molecule has 0 N–H and O–H groups in total. The van der Waals surface area contributed by atoms with Gasteiger partial charge in [0, 0.05) is 0 Å². The van der Waals surface area contributed by atoms with Gasteiger partial charge in [0.05, 0.1) is 12.8 Å². The number of benzene rings is 2. The van der Waals surface area contributed by atoms with Crippen LogP contribution < -0.4 is 0 Å². The summed E-state index contributed by atoms with van der Waals surface area (Å²) in [6.07, 6.45) is 14.1. The Balaban J connectivity index is 1.50. The summed E-state index contributed by atoms with van der Waals surface area (Å²) in [6.45, 7) is 2.71. The Kier molecular flexibility index (Phi) is 12.1. The molecule has 0 atom stereocenters. The number of rotatable bonds is 15. The van der Waals surface area contributed by atoms with Crippen LogP contribution in [0.4, 0.5) is 0 Å². The number of hydrogen-bond acceptors (Lipinski definition) is 4. The molecular formula is C27H36O4. The molecule has 0 fully saturated rings. The van der Waals surface area contributed by atoms with Gasteiger partial charge in [0.2, 0.25) is 0 Å². The van der Waals surface area contributed by atoms with E-state index < -0.39 is 0 Å². The van der Waals surface area contributed by atoms with Crippen molar-refractivity contribution >= 4 is 22.7 Å². The Morgan fingerprint density at radius 1 is 0.774 bits per heavy atom. The molecule has 0 aliphatic rings. The summed E-state index contributed by atoms with van der Waals surface area (Å²) in [5.41, 5.74) is 0.931. The van der Waals surface area contributed by atoms with Crippen LogP contribution in [-0.4, -0.2) is 18.5 Å². The summed E-state index contributed by atoms with van der Waals surface area (Å²) in [7, 11) is 0. The molecule has 31 heavy (non-hydrogen) atoms. The van der Waals surface area contributed by atoms with Gasteiger partial charge in [0.15, 0.2) is 0 Å². The molecule has 0 saturated heterocycles. The topological polar surface area (TPSA) is 52.6 Å². The highest BCUT2D eigenvalue weighted by Crippen LogP contribution is 2.16. The number of carbonyl (C=O) groups excluding carboxylic acids is 2. The predicted molar refractivity (Wildman–Crippen MR) is 126 cm³/mol. The van der Waals surface area contributed by atoms with Crippen LogP contribution in [0.25, 0.3) is 10.8 Å². The molecule has 0 saturated carbocycles. The van der Waals surface area contributed by atoms with Crippen LogP contribution in [0.15, 0.2) is 54.6 Å². The second-order valence-electron chi connectivity index (χ2n) is 7.91. The van der Waals surface area contributed by atoms with Crippen LogP contribution in [0.3, 0.4) is 0 Å². The largest absolute Gasteiger partial charge is 0.461 e. The van der Waals surface area contributed by atoms with Gasteiger partial charge in [0.25, 0.3) is 0 Å². The zero-order chi connectivity index (χ0) is 22.2. The lowest BCUT2D eigenvalue weighted by molar-refractivity contribution is -0.150. The van der Waals surface area contributed by atoms with Gasteiger partial charge in [-0.15, -0.1) is 0 Å². The van der Waals surface area contributed by atoms with E-state index in [0.717, 1.165) is 22.8 Å². The van der Waals surface area contributed by atoms with Crippen LogP contribution >= 0.6 is 0 Å². The molecule has 0 heterocycles. The SMILES string of the molecule is CCCCCCCCC/C=C/COC(=O)CCC(=O)OCc1ccc2ccccc2c1. The highest BCUT2D eigenvalue weighted by Gasteiger charge is 2.09. The van der Waals surface area contributed by atoms with Crippen molar-refractivity contribution in [3.63, 3.8) is 0 Å². The fraction of sp³-hybridized carbons (Fsp3) is 0.481. The maximum absolute atomic E-state index is 11.9. The highest BCUT2D eigenvalue weighted by atomic mass is 16.5. The van der Waals surface area contributed by atoms with E-state index in [4.69, 9.17) is 9.47 Å². The van der Waals surface area contributed by atoms with Crippen molar-refractivity contribution in [1.29, 1.82) is 0 Å². The van der Waals surface area contributed by atoms with Crippen molar-refractivity contribution < 1.29 is 19.1 Å². The van der Waals surface area contributed by atoms with Gasteiger partial charge in [-0.05, 0) is 35.2 Å². The Hall–Kier alpha value is -2.62. The van der Waals surface area contributed by atoms with Gasteiger partial charge in [-0.1, -0.05) is 94.0 Å². The molecule has 0 spiro atoms. The van der Waals surface area contributed by atoms with Gasteiger partial charge in [0.1, 0.15) is 13.2 Å². The molecule has 4 nitrogen and oxygen atoms in total. The minimum atomic E-state index is -0.389. The first kappa shape index (κ1) is 24.6. The number of hydrogen-bond donors (Lipinski definition) is 0. The summed E-state index contributed by atoms with van der Waals surface area (Å²) >= 11 is 0. The number of esters is 2. The molecule has 2 aromatic rings. The minimum absolute atomic E-state index is 0.0359. The van der Waals surface area contributed by atoms with Crippen LogP contribution in [0.1, 0.15) is 76.7 Å². The van der Waals surface area contributed by atoms with Gasteiger partial charge in [-0.25, -0.2) is 0 Å². The van der Waals surface area contributed by atoms with E-state index in [1.165, 1.54) is 44.9 Å². The zero-order valence-electron chi connectivity index (χ0n) is 18.8. The molecule has 0 aliphatic carbocycles. The average molecular weight is 425 g/mol. The third kappa shape index (κ3) is 10.8. The summed E-state index contributed by atoms with van der Waals surface area (Å²) < 4.78 is 10.4. The second kappa shape index (κ2) is 15.2. The van der Waals surface area contributed by atoms with Crippen molar-refractivity contribution in [1.82, 2.24) is 0 Å². The summed E-state index contributed by atoms with van der Waals surface area (Å²) in [6, 6.07) is 14.0. The number of unbranched alkanes of at least 4 members (excludes halogenated alkanes) is 7. The molecular weight excluding hydrogens is 388 g/mol. The lowest BCUT2D eigenvalue weighted by Gasteiger charge is -2.06. The normalized spacial score (nSPS) is 11.1. The predicted octanol–water partition coefficient (Wildman–Crippen LogP) is 6.90. The third-order valence-electron chi connectivity index (χ3n) is 5.23. The van der Waals surface area contributed by atoms with Crippen LogP contribution in [0, 0.1) is 0 Å². The maximum atomic E-state index is 11.9. The van der Waals surface area contributed by atoms with Gasteiger partial charge < -0.3 is 9.47 Å². The molecule has 0 amide bonds. The molecule has 0 bridgehead atoms. The molecule has 0 radical (unpaired) electrons. The summed E-state index contributed by atoms with van der Waals surface area (Å²) in [5.74, 6) is -0.761. The third-order valence-corrected chi connectivity index (χ3v) is 5.23. The van der Waals surface area contributed by atoms with Gasteiger partial charge >= 0.3 is 11.9 Å². The van der Waals surface area contributed by atoms with Crippen molar-refractivity contribution in [2.45, 2.75) is 77.7 Å². The smallest absolute Gasteiger partial charge is 0.306 e. The van der Waals surface area contributed by atoms with Crippen molar-refractivity contribution in [3.8, 4) is 0 Å². The quantitative estimate of drug-likeness (QED) is 0.177. The van der Waals surface area contributed by atoms with Gasteiger partial charge in [-0.2, -0.15) is 0 Å². The number of fused-ring (bicyclic) bond motifs is 1. The van der Waals surface area contributed by atoms with E-state index in [9.17, 15) is 9.59 Å². The second-order valence-corrected chi connectivity index (χ2v) is 7.91. The fourth-order valence-electron chi connectivity index (χ4n) is 3.39. The van der Waals surface area contributed by atoms with E-state index in [0.29, 0.717) is 0 Å². The van der Waals surface area contributed by atoms with E-state index in [1.807, 2.05) is 48.5 Å². The molecule has 4 heteroatoms. The van der Waals surface area contributed by atoms with Crippen LogP contribution in [0.5, 0.6) is 0 Å². The summed E-state index contributed by atoms with van der Waals surface area (Å²) in [5, 5.41) is 2.26. The molecule has 0 aliphatic heterocycles.